The van der Waals surface area contributed by atoms with Gasteiger partial charge in [-0.05, 0) is 57.1 Å². The molecule has 2 aliphatic carbocycles. The lowest BCUT2D eigenvalue weighted by Crippen LogP contribution is -2.36. The minimum Gasteiger partial charge on any atom is -0.381 e. The van der Waals surface area contributed by atoms with Crippen molar-refractivity contribution in [3.63, 3.8) is 0 Å². The summed E-state index contributed by atoms with van der Waals surface area (Å²) >= 11 is 0. The van der Waals surface area contributed by atoms with Gasteiger partial charge >= 0.3 is 6.03 Å². The van der Waals surface area contributed by atoms with E-state index in [0.717, 1.165) is 85.9 Å². The molecule has 0 saturated heterocycles. The van der Waals surface area contributed by atoms with Gasteiger partial charge < -0.3 is 20.7 Å². The number of carbonyl (C=O) groups excluding carboxylic acids is 1. The molecule has 5 rings (SSSR count). The van der Waals surface area contributed by atoms with Crippen LogP contribution in [0.2, 0.25) is 0 Å². The Balaban J connectivity index is 1.38. The maximum absolute atomic E-state index is 12.4. The van der Waals surface area contributed by atoms with Gasteiger partial charge in [-0.1, -0.05) is 38.3 Å². The number of carbonyl (C=O) groups is 1. The Labute approximate surface area is 218 Å². The smallest absolute Gasteiger partial charge is 0.319 e. The van der Waals surface area contributed by atoms with E-state index in [1.165, 1.54) is 12.8 Å². The van der Waals surface area contributed by atoms with Crippen molar-refractivity contribution in [3.05, 3.63) is 30.5 Å². The minimum absolute atomic E-state index is 0.141. The van der Waals surface area contributed by atoms with Gasteiger partial charge in [-0.15, -0.1) is 0 Å². The Bertz CT molecular complexity index is 1180. The average Bonchev–Trinajstić information content (AvgIpc) is 3.57. The second-order valence-electron chi connectivity index (χ2n) is 10.3. The number of nitrogens with zero attached hydrogens (tertiary/aromatic N) is 4. The molecule has 2 aromatic heterocycles. The first kappa shape index (κ1) is 25.4. The van der Waals surface area contributed by atoms with Crippen LogP contribution in [0.3, 0.4) is 0 Å². The molecule has 0 atom stereocenters. The Hall–Kier alpha value is -3.20. The van der Waals surface area contributed by atoms with Crippen LogP contribution in [0, 0.1) is 0 Å². The molecule has 2 fully saturated rings. The molecule has 37 heavy (non-hydrogen) atoms. The highest BCUT2D eigenvalue weighted by Gasteiger charge is 2.26. The number of ether oxygens (including phenoxy) is 1. The van der Waals surface area contributed by atoms with Gasteiger partial charge in [0.25, 0.3) is 0 Å². The van der Waals surface area contributed by atoms with Crippen LogP contribution in [0.25, 0.3) is 22.3 Å². The topological polar surface area (TPSA) is 106 Å². The number of unbranched alkanes of at least 4 members (excludes halogenated alkanes) is 1. The molecule has 3 aromatic rings. The highest BCUT2D eigenvalue weighted by molar-refractivity contribution is 5.93. The standard InChI is InChI=1S/C28H39N7O2/c1-3-4-17-29-27-30-18-24-25(34-35(26(24)33-27)22-13-15-23(37-2)16-14-22)19-9-11-21(12-10-19)32-28(36)31-20-7-5-6-8-20/h9-12,18,20,22-23H,3-8,13-17H2,1-2H3,(H,29,30,33)(H2,31,32,36). The molecule has 2 heterocycles. The van der Waals surface area contributed by atoms with E-state index in [1.54, 1.807) is 7.11 Å². The molecule has 9 heteroatoms. The molecular weight excluding hydrogens is 466 g/mol. The summed E-state index contributed by atoms with van der Waals surface area (Å²) in [7, 11) is 1.80. The van der Waals surface area contributed by atoms with Gasteiger partial charge in [-0.2, -0.15) is 10.1 Å². The maximum Gasteiger partial charge on any atom is 0.319 e. The molecule has 0 aliphatic heterocycles. The van der Waals surface area contributed by atoms with Crippen molar-refractivity contribution >= 4 is 28.7 Å². The van der Waals surface area contributed by atoms with E-state index < -0.39 is 0 Å². The van der Waals surface area contributed by atoms with Gasteiger partial charge in [0, 0.05) is 37.1 Å². The molecule has 2 saturated carbocycles. The van der Waals surface area contributed by atoms with Gasteiger partial charge in [-0.25, -0.2) is 14.5 Å². The first-order chi connectivity index (χ1) is 18.1. The van der Waals surface area contributed by atoms with Crippen LogP contribution in [-0.4, -0.2) is 51.6 Å². The molecule has 0 spiro atoms. The number of aromatic nitrogens is 4. The van der Waals surface area contributed by atoms with Crippen molar-refractivity contribution in [3.8, 4) is 11.3 Å². The molecule has 0 unspecified atom stereocenters. The van der Waals surface area contributed by atoms with Gasteiger partial charge in [-0.3, -0.25) is 0 Å². The zero-order valence-corrected chi connectivity index (χ0v) is 22.0. The summed E-state index contributed by atoms with van der Waals surface area (Å²) < 4.78 is 7.69. The number of hydrogen-bond acceptors (Lipinski definition) is 6. The van der Waals surface area contributed by atoms with Crippen LogP contribution in [0.5, 0.6) is 0 Å². The van der Waals surface area contributed by atoms with E-state index in [4.69, 9.17) is 14.8 Å². The quantitative estimate of drug-likeness (QED) is 0.313. The van der Waals surface area contributed by atoms with Gasteiger partial charge in [0.1, 0.15) is 5.69 Å². The number of methoxy groups -OCH3 is 1. The average molecular weight is 506 g/mol. The summed E-state index contributed by atoms with van der Waals surface area (Å²) in [6, 6.07) is 8.30. The number of amides is 2. The van der Waals surface area contributed by atoms with Crippen LogP contribution in [0.15, 0.2) is 30.5 Å². The van der Waals surface area contributed by atoms with Crippen molar-refractivity contribution in [2.75, 3.05) is 24.3 Å². The number of rotatable bonds is 9. The molecular formula is C28H39N7O2. The fraction of sp³-hybridized carbons (Fsp3) is 0.571. The number of anilines is 2. The third kappa shape index (κ3) is 6.04. The second-order valence-corrected chi connectivity index (χ2v) is 10.3. The van der Waals surface area contributed by atoms with Crippen molar-refractivity contribution in [2.24, 2.45) is 0 Å². The van der Waals surface area contributed by atoms with E-state index in [-0.39, 0.29) is 18.1 Å². The summed E-state index contributed by atoms with van der Waals surface area (Å²) in [5.74, 6) is 0.645. The second kappa shape index (κ2) is 11.9. The zero-order valence-electron chi connectivity index (χ0n) is 22.0. The Kier molecular flexibility index (Phi) is 8.18. The van der Waals surface area contributed by atoms with Gasteiger partial charge in [0.05, 0.1) is 17.5 Å². The number of benzene rings is 1. The molecule has 198 valence electrons. The molecule has 3 N–H and O–H groups in total. The summed E-state index contributed by atoms with van der Waals surface area (Å²) in [6.45, 7) is 3.02. The molecule has 9 nitrogen and oxygen atoms in total. The first-order valence-corrected chi connectivity index (χ1v) is 13.8. The largest absolute Gasteiger partial charge is 0.381 e. The van der Waals surface area contributed by atoms with E-state index >= 15 is 0 Å². The number of urea groups is 1. The highest BCUT2D eigenvalue weighted by atomic mass is 16.5. The monoisotopic (exact) mass is 505 g/mol. The number of hydrogen-bond donors (Lipinski definition) is 3. The highest BCUT2D eigenvalue weighted by Crippen LogP contribution is 2.35. The fourth-order valence-corrected chi connectivity index (χ4v) is 5.51. The predicted molar refractivity (Wildman–Crippen MR) is 147 cm³/mol. The third-order valence-electron chi connectivity index (χ3n) is 7.69. The van der Waals surface area contributed by atoms with Gasteiger partial charge in [0.2, 0.25) is 5.95 Å². The molecule has 2 aliphatic rings. The van der Waals surface area contributed by atoms with E-state index in [1.807, 2.05) is 30.5 Å². The van der Waals surface area contributed by atoms with Crippen LogP contribution in [0.4, 0.5) is 16.4 Å². The number of nitrogens with one attached hydrogen (secondary N) is 3. The van der Waals surface area contributed by atoms with Crippen LogP contribution < -0.4 is 16.0 Å². The van der Waals surface area contributed by atoms with Crippen molar-refractivity contribution in [1.82, 2.24) is 25.1 Å². The third-order valence-corrected chi connectivity index (χ3v) is 7.69. The van der Waals surface area contributed by atoms with Crippen LogP contribution in [-0.2, 0) is 4.74 Å². The van der Waals surface area contributed by atoms with E-state index in [9.17, 15) is 4.79 Å². The summed E-state index contributed by atoms with van der Waals surface area (Å²) in [4.78, 5) is 21.9. The Morgan fingerprint density at radius 1 is 1.08 bits per heavy atom. The van der Waals surface area contributed by atoms with Crippen molar-refractivity contribution < 1.29 is 9.53 Å². The first-order valence-electron chi connectivity index (χ1n) is 13.8. The lowest BCUT2D eigenvalue weighted by molar-refractivity contribution is 0.0574. The molecule has 0 bridgehead atoms. The maximum atomic E-state index is 12.4. The normalized spacial score (nSPS) is 20.3. The van der Waals surface area contributed by atoms with E-state index in [0.29, 0.717) is 12.1 Å². The minimum atomic E-state index is -0.141. The Morgan fingerprint density at radius 2 is 1.84 bits per heavy atom. The van der Waals surface area contributed by atoms with Crippen LogP contribution >= 0.6 is 0 Å². The lowest BCUT2D eigenvalue weighted by Gasteiger charge is -2.27. The predicted octanol–water partition coefficient (Wildman–Crippen LogP) is 5.90. The summed E-state index contributed by atoms with van der Waals surface area (Å²) in [6.07, 6.45) is 13.0. The van der Waals surface area contributed by atoms with Crippen LogP contribution in [0.1, 0.15) is 77.2 Å². The van der Waals surface area contributed by atoms with Crippen molar-refractivity contribution in [1.29, 1.82) is 0 Å². The summed E-state index contributed by atoms with van der Waals surface area (Å²) in [5, 5.41) is 15.4. The SMILES string of the molecule is CCCCNc1ncc2c(-c3ccc(NC(=O)NC4CCCC4)cc3)nn(C3CCC(OC)CC3)c2n1. The van der Waals surface area contributed by atoms with E-state index in [2.05, 4.69) is 32.5 Å². The zero-order chi connectivity index (χ0) is 25.6. The summed E-state index contributed by atoms with van der Waals surface area (Å²) in [5.41, 5.74) is 3.47. The lowest BCUT2D eigenvalue weighted by atomic mass is 9.93. The molecule has 0 radical (unpaired) electrons. The molecule has 2 amide bonds. The van der Waals surface area contributed by atoms with Crippen molar-refractivity contribution in [2.45, 2.75) is 89.3 Å². The fourth-order valence-electron chi connectivity index (χ4n) is 5.51. The number of fused-ring (bicyclic) bond motifs is 1. The molecule has 1 aromatic carbocycles. The van der Waals surface area contributed by atoms with Gasteiger partial charge in [0.15, 0.2) is 5.65 Å². The Morgan fingerprint density at radius 3 is 2.54 bits per heavy atom.